The lowest BCUT2D eigenvalue weighted by Gasteiger charge is -2.27. The molecule has 21 heavy (non-hydrogen) atoms. The van der Waals surface area contributed by atoms with Crippen LogP contribution in [0, 0.1) is 5.92 Å². The van der Waals surface area contributed by atoms with Crippen molar-refractivity contribution in [1.82, 2.24) is 19.7 Å². The summed E-state index contributed by atoms with van der Waals surface area (Å²) in [4.78, 5) is 19.7. The van der Waals surface area contributed by atoms with Crippen LogP contribution in [0.3, 0.4) is 0 Å². The van der Waals surface area contributed by atoms with E-state index in [-0.39, 0.29) is 17.7 Å². The fourth-order valence-electron chi connectivity index (χ4n) is 2.93. The van der Waals surface area contributed by atoms with Crippen molar-refractivity contribution < 1.29 is 4.74 Å². The van der Waals surface area contributed by atoms with E-state index in [2.05, 4.69) is 35.8 Å². The van der Waals surface area contributed by atoms with Crippen molar-refractivity contribution in [3.8, 4) is 0 Å². The molecule has 1 aliphatic rings. The van der Waals surface area contributed by atoms with Gasteiger partial charge in [0.05, 0.1) is 18.3 Å². The van der Waals surface area contributed by atoms with E-state index < -0.39 is 0 Å². The second-order valence-corrected chi connectivity index (χ2v) is 6.30. The number of nitrogens with one attached hydrogen (secondary N) is 1. The third-order valence-electron chi connectivity index (χ3n) is 3.92. The Morgan fingerprint density at radius 1 is 1.52 bits per heavy atom. The highest BCUT2D eigenvalue weighted by Gasteiger charge is 2.24. The van der Waals surface area contributed by atoms with E-state index in [0.29, 0.717) is 17.0 Å². The van der Waals surface area contributed by atoms with Crippen molar-refractivity contribution in [3.63, 3.8) is 0 Å². The minimum atomic E-state index is -0.0954. The molecule has 6 nitrogen and oxygen atoms in total. The zero-order valence-corrected chi connectivity index (χ0v) is 12.8. The summed E-state index contributed by atoms with van der Waals surface area (Å²) < 4.78 is 7.50. The van der Waals surface area contributed by atoms with Crippen LogP contribution in [-0.2, 0) is 11.2 Å². The van der Waals surface area contributed by atoms with Crippen LogP contribution in [0.15, 0.2) is 11.0 Å². The zero-order chi connectivity index (χ0) is 15.0. The van der Waals surface area contributed by atoms with E-state index >= 15 is 0 Å². The lowest BCUT2D eigenvalue weighted by atomic mass is 10.0. The quantitative estimate of drug-likeness (QED) is 0.939. The molecule has 2 atom stereocenters. The molecule has 3 rings (SSSR count). The molecule has 2 aromatic rings. The first-order chi connectivity index (χ1) is 10.0. The predicted octanol–water partition coefficient (Wildman–Crippen LogP) is 2.06. The highest BCUT2D eigenvalue weighted by atomic mass is 16.5. The second kappa shape index (κ2) is 5.60. The van der Waals surface area contributed by atoms with Crippen LogP contribution in [-0.4, -0.2) is 32.5 Å². The Labute approximate surface area is 123 Å². The summed E-state index contributed by atoms with van der Waals surface area (Å²) in [5.74, 6) is 1.19. The number of H-pyrrole nitrogens is 1. The summed E-state index contributed by atoms with van der Waals surface area (Å²) in [6.07, 6.45) is 4.43. The van der Waals surface area contributed by atoms with E-state index in [1.807, 2.05) is 4.68 Å². The molecule has 3 heterocycles. The van der Waals surface area contributed by atoms with Gasteiger partial charge in [-0.1, -0.05) is 13.8 Å². The van der Waals surface area contributed by atoms with Gasteiger partial charge in [0.2, 0.25) is 0 Å². The minimum Gasteiger partial charge on any atom is -0.378 e. The topological polar surface area (TPSA) is 72.8 Å². The summed E-state index contributed by atoms with van der Waals surface area (Å²) in [6, 6.07) is 0.257. The first kappa shape index (κ1) is 14.3. The van der Waals surface area contributed by atoms with Gasteiger partial charge in [-0.15, -0.1) is 0 Å². The molecule has 0 aliphatic carbocycles. The van der Waals surface area contributed by atoms with Crippen LogP contribution in [0.1, 0.15) is 45.5 Å². The average Bonchev–Trinajstić information content (AvgIpc) is 2.82. The smallest absolute Gasteiger partial charge is 0.262 e. The third-order valence-corrected chi connectivity index (χ3v) is 3.92. The maximum Gasteiger partial charge on any atom is 0.262 e. The Bertz CT molecular complexity index is 689. The number of ether oxygens (including phenoxy) is 1. The monoisotopic (exact) mass is 290 g/mol. The van der Waals surface area contributed by atoms with E-state index in [1.54, 1.807) is 6.20 Å². The van der Waals surface area contributed by atoms with Gasteiger partial charge in [0, 0.05) is 13.0 Å². The predicted molar refractivity (Wildman–Crippen MR) is 80.4 cm³/mol. The van der Waals surface area contributed by atoms with Crippen molar-refractivity contribution in [2.75, 3.05) is 6.61 Å². The average molecular weight is 290 g/mol. The van der Waals surface area contributed by atoms with Crippen LogP contribution in [0.5, 0.6) is 0 Å². The molecular formula is C15H22N4O2. The van der Waals surface area contributed by atoms with Crippen molar-refractivity contribution in [2.45, 2.75) is 52.2 Å². The number of fused-ring (bicyclic) bond motifs is 1. The molecule has 1 saturated heterocycles. The molecule has 2 aromatic heterocycles. The number of aromatic amines is 1. The van der Waals surface area contributed by atoms with Gasteiger partial charge in [-0.25, -0.2) is 9.67 Å². The van der Waals surface area contributed by atoms with Crippen LogP contribution in [0.4, 0.5) is 0 Å². The third kappa shape index (κ3) is 2.85. The number of rotatable bonds is 3. The van der Waals surface area contributed by atoms with Crippen molar-refractivity contribution in [2.24, 2.45) is 5.92 Å². The highest BCUT2D eigenvalue weighted by molar-refractivity contribution is 5.73. The first-order valence-corrected chi connectivity index (χ1v) is 7.62. The van der Waals surface area contributed by atoms with Crippen LogP contribution in [0.25, 0.3) is 11.0 Å². The van der Waals surface area contributed by atoms with Crippen molar-refractivity contribution in [1.29, 1.82) is 0 Å². The fourth-order valence-corrected chi connectivity index (χ4v) is 2.93. The molecule has 1 fully saturated rings. The highest BCUT2D eigenvalue weighted by Crippen LogP contribution is 2.26. The molecule has 0 radical (unpaired) electrons. The molecular weight excluding hydrogens is 268 g/mol. The minimum absolute atomic E-state index is 0.0954. The van der Waals surface area contributed by atoms with Crippen molar-refractivity contribution >= 4 is 11.0 Å². The number of nitrogens with zero attached hydrogens (tertiary/aromatic N) is 3. The van der Waals surface area contributed by atoms with Gasteiger partial charge in [-0.3, -0.25) is 4.79 Å². The Morgan fingerprint density at radius 3 is 3.05 bits per heavy atom. The molecule has 0 saturated carbocycles. The van der Waals surface area contributed by atoms with Crippen LogP contribution < -0.4 is 5.56 Å². The lowest BCUT2D eigenvalue weighted by Crippen LogP contribution is -2.26. The Balaban J connectivity index is 2.03. The standard InChI is InChI=1S/C15H22N4O2/c1-9(2)6-13-17-14-12(15(20)18-13)8-16-19(14)11-4-5-21-10(3)7-11/h8-11H,4-7H2,1-3H3,(H,17,18,20)/t10-,11-/m1/s1. The second-order valence-electron chi connectivity index (χ2n) is 6.30. The molecule has 0 spiro atoms. The molecule has 1 aliphatic heterocycles. The van der Waals surface area contributed by atoms with Gasteiger partial charge < -0.3 is 9.72 Å². The Morgan fingerprint density at radius 2 is 2.33 bits per heavy atom. The molecule has 0 bridgehead atoms. The van der Waals surface area contributed by atoms with Crippen molar-refractivity contribution in [3.05, 3.63) is 22.4 Å². The summed E-state index contributed by atoms with van der Waals surface area (Å²) in [5.41, 5.74) is 0.607. The van der Waals surface area contributed by atoms with Gasteiger partial charge >= 0.3 is 0 Å². The van der Waals surface area contributed by atoms with Gasteiger partial charge in [0.15, 0.2) is 5.65 Å². The molecule has 6 heteroatoms. The summed E-state index contributed by atoms with van der Waals surface area (Å²) in [5, 5.41) is 4.98. The van der Waals surface area contributed by atoms with E-state index in [9.17, 15) is 4.79 Å². The van der Waals surface area contributed by atoms with E-state index in [0.717, 1.165) is 31.7 Å². The molecule has 0 unspecified atom stereocenters. The van der Waals surface area contributed by atoms with E-state index in [1.165, 1.54) is 0 Å². The maximum atomic E-state index is 12.2. The molecule has 0 aromatic carbocycles. The molecule has 1 N–H and O–H groups in total. The number of hydrogen-bond donors (Lipinski definition) is 1. The Hall–Kier alpha value is -1.69. The zero-order valence-electron chi connectivity index (χ0n) is 12.8. The van der Waals surface area contributed by atoms with Gasteiger partial charge in [-0.2, -0.15) is 5.10 Å². The molecule has 0 amide bonds. The normalized spacial score (nSPS) is 23.0. The fraction of sp³-hybridized carbons (Fsp3) is 0.667. The lowest BCUT2D eigenvalue weighted by molar-refractivity contribution is 0.00431. The van der Waals surface area contributed by atoms with Gasteiger partial charge in [0.1, 0.15) is 11.2 Å². The number of aromatic nitrogens is 4. The van der Waals surface area contributed by atoms with Gasteiger partial charge in [0.25, 0.3) is 5.56 Å². The summed E-state index contributed by atoms with van der Waals surface area (Å²) >= 11 is 0. The maximum absolute atomic E-state index is 12.2. The van der Waals surface area contributed by atoms with E-state index in [4.69, 9.17) is 4.74 Å². The SMILES string of the molecule is CC(C)Cc1nc2c(cnn2[C@@H]2CCO[C@H](C)C2)c(=O)[nH]1. The largest absolute Gasteiger partial charge is 0.378 e. The van der Waals surface area contributed by atoms with Gasteiger partial charge in [-0.05, 0) is 25.7 Å². The van der Waals surface area contributed by atoms with Crippen LogP contribution in [0.2, 0.25) is 0 Å². The van der Waals surface area contributed by atoms with Crippen LogP contribution >= 0.6 is 0 Å². The summed E-state index contributed by atoms with van der Waals surface area (Å²) in [7, 11) is 0. The Kier molecular flexibility index (Phi) is 3.80. The number of hydrogen-bond acceptors (Lipinski definition) is 4. The first-order valence-electron chi connectivity index (χ1n) is 7.62. The summed E-state index contributed by atoms with van der Waals surface area (Å²) in [6.45, 7) is 7.03. The molecule has 114 valence electrons.